The predicted octanol–water partition coefficient (Wildman–Crippen LogP) is 1.24. The molecule has 3 rings (SSSR count). The Balaban J connectivity index is 1.50. The normalized spacial score (nSPS) is 17.4. The molecule has 1 atom stereocenters. The number of likely N-dealkylation sites (N-methyl/N-ethyl adjacent to an activating group) is 1. The van der Waals surface area contributed by atoms with Gasteiger partial charge in [0.1, 0.15) is 24.7 Å². The van der Waals surface area contributed by atoms with Crippen molar-refractivity contribution >= 4 is 11.8 Å². The summed E-state index contributed by atoms with van der Waals surface area (Å²) in [6, 6.07) is 7.34. The van der Waals surface area contributed by atoms with Gasteiger partial charge in [0, 0.05) is 26.6 Å². The second-order valence-electron chi connectivity index (χ2n) is 6.90. The van der Waals surface area contributed by atoms with Gasteiger partial charge in [0.25, 0.3) is 5.91 Å². The van der Waals surface area contributed by atoms with Gasteiger partial charge in [-0.25, -0.2) is 4.98 Å². The molecule has 0 radical (unpaired) electrons. The third-order valence-corrected chi connectivity index (χ3v) is 4.83. The van der Waals surface area contributed by atoms with Gasteiger partial charge >= 0.3 is 0 Å². The molecule has 0 aliphatic carbocycles. The van der Waals surface area contributed by atoms with Crippen molar-refractivity contribution in [3.63, 3.8) is 0 Å². The summed E-state index contributed by atoms with van der Waals surface area (Å²) in [5.41, 5.74) is 1.32. The number of para-hydroxylation sites is 1. The van der Waals surface area contributed by atoms with Crippen LogP contribution in [0, 0.1) is 13.8 Å². The summed E-state index contributed by atoms with van der Waals surface area (Å²) < 4.78 is 10.8. The van der Waals surface area contributed by atoms with Crippen LogP contribution in [0.3, 0.4) is 0 Å². The smallest absolute Gasteiger partial charge is 0.275 e. The van der Waals surface area contributed by atoms with E-state index < -0.39 is 6.04 Å². The van der Waals surface area contributed by atoms with Gasteiger partial charge in [-0.1, -0.05) is 18.2 Å². The molecular formula is C20H26N4O4. The van der Waals surface area contributed by atoms with Crippen LogP contribution in [0.4, 0.5) is 0 Å². The molecule has 0 saturated carbocycles. The van der Waals surface area contributed by atoms with E-state index >= 15 is 0 Å². The molecule has 2 aromatic rings. The van der Waals surface area contributed by atoms with Gasteiger partial charge in [0.2, 0.25) is 5.91 Å². The van der Waals surface area contributed by atoms with Crippen LogP contribution < -0.4 is 10.1 Å². The highest BCUT2D eigenvalue weighted by atomic mass is 16.5. The summed E-state index contributed by atoms with van der Waals surface area (Å²) in [7, 11) is 1.89. The average molecular weight is 386 g/mol. The van der Waals surface area contributed by atoms with Crippen molar-refractivity contribution in [3.8, 4) is 5.75 Å². The summed E-state index contributed by atoms with van der Waals surface area (Å²) in [4.78, 5) is 32.9. The molecule has 1 saturated heterocycles. The molecule has 150 valence electrons. The summed E-state index contributed by atoms with van der Waals surface area (Å²) in [5, 5.41) is 2.90. The lowest BCUT2D eigenvalue weighted by Crippen LogP contribution is -2.59. The zero-order chi connectivity index (χ0) is 20.1. The highest BCUT2D eigenvalue weighted by Gasteiger charge is 2.33. The third kappa shape index (κ3) is 4.69. The first-order valence-corrected chi connectivity index (χ1v) is 9.33. The number of nitrogens with zero attached hydrogens (tertiary/aromatic N) is 3. The van der Waals surface area contributed by atoms with Crippen molar-refractivity contribution in [2.24, 2.45) is 0 Å². The second-order valence-corrected chi connectivity index (χ2v) is 6.90. The van der Waals surface area contributed by atoms with E-state index in [1.807, 2.05) is 43.1 Å². The fourth-order valence-corrected chi connectivity index (χ4v) is 3.14. The second kappa shape index (κ2) is 8.88. The summed E-state index contributed by atoms with van der Waals surface area (Å²) in [6.07, 6.45) is 1.36. The quantitative estimate of drug-likeness (QED) is 0.752. The zero-order valence-corrected chi connectivity index (χ0v) is 16.5. The third-order valence-electron chi connectivity index (χ3n) is 4.83. The Morgan fingerprint density at radius 1 is 1.29 bits per heavy atom. The van der Waals surface area contributed by atoms with Crippen LogP contribution in [0.1, 0.15) is 21.9 Å². The van der Waals surface area contributed by atoms with Gasteiger partial charge in [-0.15, -0.1) is 0 Å². The van der Waals surface area contributed by atoms with E-state index in [4.69, 9.17) is 9.15 Å². The minimum absolute atomic E-state index is 0.121. The Bertz CT molecular complexity index is 835. The van der Waals surface area contributed by atoms with E-state index in [0.29, 0.717) is 38.7 Å². The monoisotopic (exact) mass is 386 g/mol. The van der Waals surface area contributed by atoms with Gasteiger partial charge < -0.3 is 19.4 Å². The molecule has 1 N–H and O–H groups in total. The number of rotatable bonds is 6. The van der Waals surface area contributed by atoms with Gasteiger partial charge in [-0.3, -0.25) is 14.5 Å². The number of nitrogens with one attached hydrogen (secondary N) is 1. The van der Waals surface area contributed by atoms with Crippen LogP contribution >= 0.6 is 0 Å². The Hall–Kier alpha value is -2.87. The van der Waals surface area contributed by atoms with Crippen molar-refractivity contribution in [1.82, 2.24) is 20.1 Å². The minimum atomic E-state index is -0.413. The first-order chi connectivity index (χ1) is 13.5. The van der Waals surface area contributed by atoms with E-state index in [0.717, 1.165) is 11.3 Å². The number of aromatic nitrogens is 1. The topological polar surface area (TPSA) is 87.9 Å². The lowest BCUT2D eigenvalue weighted by Gasteiger charge is -2.38. The zero-order valence-electron chi connectivity index (χ0n) is 16.5. The lowest BCUT2D eigenvalue weighted by atomic mass is 10.1. The number of piperazine rings is 1. The number of ether oxygens (including phenoxy) is 1. The molecule has 0 bridgehead atoms. The van der Waals surface area contributed by atoms with Crippen molar-refractivity contribution in [2.75, 3.05) is 39.8 Å². The fraction of sp³-hybridized carbons (Fsp3) is 0.450. The molecule has 1 aliphatic heterocycles. The molecule has 1 fully saturated rings. The predicted molar refractivity (Wildman–Crippen MR) is 103 cm³/mol. The molecule has 1 unspecified atom stereocenters. The SMILES string of the molecule is Cc1nc(C(=O)N2CCN(C)C(C(=O)NCCOc3ccccc3C)C2)co1. The number of carbonyl (C=O) groups is 2. The highest BCUT2D eigenvalue weighted by molar-refractivity contribution is 5.93. The van der Waals surface area contributed by atoms with Crippen LogP contribution in [-0.4, -0.2) is 72.5 Å². The first kappa shape index (κ1) is 19.9. The summed E-state index contributed by atoms with van der Waals surface area (Å²) in [6.45, 7) is 5.91. The molecule has 0 spiro atoms. The molecule has 1 aromatic heterocycles. The van der Waals surface area contributed by atoms with Crippen molar-refractivity contribution in [2.45, 2.75) is 19.9 Å². The number of oxazole rings is 1. The Kier molecular flexibility index (Phi) is 6.30. The number of hydrogen-bond acceptors (Lipinski definition) is 6. The van der Waals surface area contributed by atoms with Crippen molar-refractivity contribution in [1.29, 1.82) is 0 Å². The van der Waals surface area contributed by atoms with Gasteiger partial charge in [0.15, 0.2) is 11.6 Å². The number of aryl methyl sites for hydroxylation is 2. The van der Waals surface area contributed by atoms with E-state index in [2.05, 4.69) is 10.3 Å². The number of hydrogen-bond donors (Lipinski definition) is 1. The molecule has 2 heterocycles. The standard InChI is InChI=1S/C20H26N4O4/c1-14-6-4-5-7-18(14)27-11-8-21-19(25)17-12-24(10-9-23(17)3)20(26)16-13-28-15(2)22-16/h4-7,13,17H,8-12H2,1-3H3,(H,21,25). The fourth-order valence-electron chi connectivity index (χ4n) is 3.14. The van der Waals surface area contributed by atoms with Crippen LogP contribution in [0.5, 0.6) is 5.75 Å². The Morgan fingerprint density at radius 3 is 2.79 bits per heavy atom. The Labute approximate surface area is 164 Å². The van der Waals surface area contributed by atoms with E-state index in [1.54, 1.807) is 11.8 Å². The molecular weight excluding hydrogens is 360 g/mol. The van der Waals surface area contributed by atoms with E-state index in [1.165, 1.54) is 6.26 Å². The van der Waals surface area contributed by atoms with E-state index in [-0.39, 0.29) is 17.5 Å². The summed E-state index contributed by atoms with van der Waals surface area (Å²) >= 11 is 0. The maximum atomic E-state index is 12.6. The molecule has 8 heteroatoms. The minimum Gasteiger partial charge on any atom is -0.491 e. The number of benzene rings is 1. The molecule has 28 heavy (non-hydrogen) atoms. The highest BCUT2D eigenvalue weighted by Crippen LogP contribution is 2.16. The average Bonchev–Trinajstić information content (AvgIpc) is 3.12. The first-order valence-electron chi connectivity index (χ1n) is 9.33. The maximum absolute atomic E-state index is 12.6. The van der Waals surface area contributed by atoms with Crippen molar-refractivity contribution in [3.05, 3.63) is 47.7 Å². The molecule has 8 nitrogen and oxygen atoms in total. The molecule has 2 amide bonds. The van der Waals surface area contributed by atoms with Crippen molar-refractivity contribution < 1.29 is 18.7 Å². The van der Waals surface area contributed by atoms with Gasteiger partial charge in [0.05, 0.1) is 6.54 Å². The number of amides is 2. The molecule has 1 aromatic carbocycles. The van der Waals surface area contributed by atoms with Crippen LogP contribution in [0.25, 0.3) is 0 Å². The summed E-state index contributed by atoms with van der Waals surface area (Å²) in [5.74, 6) is 0.919. The number of carbonyl (C=O) groups excluding carboxylic acids is 2. The van der Waals surface area contributed by atoms with E-state index in [9.17, 15) is 9.59 Å². The van der Waals surface area contributed by atoms with Crippen LogP contribution in [-0.2, 0) is 4.79 Å². The largest absolute Gasteiger partial charge is 0.491 e. The van der Waals surface area contributed by atoms with Crippen LogP contribution in [0.15, 0.2) is 34.9 Å². The van der Waals surface area contributed by atoms with Crippen LogP contribution in [0.2, 0.25) is 0 Å². The Morgan fingerprint density at radius 2 is 2.07 bits per heavy atom. The maximum Gasteiger partial charge on any atom is 0.275 e. The lowest BCUT2D eigenvalue weighted by molar-refractivity contribution is -0.127. The van der Waals surface area contributed by atoms with Gasteiger partial charge in [-0.05, 0) is 25.6 Å². The van der Waals surface area contributed by atoms with Gasteiger partial charge in [-0.2, -0.15) is 0 Å². The molecule has 1 aliphatic rings.